The lowest BCUT2D eigenvalue weighted by atomic mass is 9.99. The number of hydrogen-bond acceptors (Lipinski definition) is 0. The first-order chi connectivity index (χ1) is 3.31. The standard InChI is InChI=1S/C5H12BF/c1-2-5(7)3-4-6/h5H,2-4,6H2,1H3/t5-/m0/s1. The molecule has 0 radical (unpaired) electrons. The predicted octanol–water partition coefficient (Wildman–Crippen LogP) is 1.18. The second-order valence-corrected chi connectivity index (χ2v) is 1.79. The molecular formula is C5H12BF. The van der Waals surface area contributed by atoms with E-state index in [-0.39, 0.29) is 0 Å². The van der Waals surface area contributed by atoms with Crippen LogP contribution >= 0.6 is 0 Å². The van der Waals surface area contributed by atoms with Crippen LogP contribution in [0.25, 0.3) is 0 Å². The van der Waals surface area contributed by atoms with Crippen LogP contribution in [0.2, 0.25) is 6.32 Å². The van der Waals surface area contributed by atoms with E-state index in [4.69, 9.17) is 0 Å². The zero-order chi connectivity index (χ0) is 5.70. The number of rotatable bonds is 3. The molecule has 42 valence electrons. The Morgan fingerprint density at radius 3 is 2.43 bits per heavy atom. The zero-order valence-electron chi connectivity index (χ0n) is 5.08. The van der Waals surface area contributed by atoms with Crippen molar-refractivity contribution in [3.63, 3.8) is 0 Å². The highest BCUT2D eigenvalue weighted by atomic mass is 19.1. The smallest absolute Gasteiger partial charge is 0.101 e. The van der Waals surface area contributed by atoms with Crippen molar-refractivity contribution in [2.75, 3.05) is 0 Å². The van der Waals surface area contributed by atoms with Crippen molar-refractivity contribution in [3.8, 4) is 0 Å². The van der Waals surface area contributed by atoms with Crippen molar-refractivity contribution >= 4 is 7.85 Å². The molecule has 0 aliphatic rings. The fourth-order valence-electron chi connectivity index (χ4n) is 0.517. The summed E-state index contributed by atoms with van der Waals surface area (Å²) in [5.41, 5.74) is 0. The molecule has 0 rings (SSSR count). The molecule has 0 heterocycles. The van der Waals surface area contributed by atoms with E-state index >= 15 is 0 Å². The lowest BCUT2D eigenvalue weighted by Crippen LogP contribution is -1.95. The largest absolute Gasteiger partial charge is 0.248 e. The minimum absolute atomic E-state index is 0.551. The monoisotopic (exact) mass is 102 g/mol. The summed E-state index contributed by atoms with van der Waals surface area (Å²) in [7, 11) is 2.00. The second kappa shape index (κ2) is 4.16. The van der Waals surface area contributed by atoms with Crippen LogP contribution in [0.1, 0.15) is 19.8 Å². The minimum Gasteiger partial charge on any atom is -0.248 e. The molecule has 0 nitrogen and oxygen atoms in total. The highest BCUT2D eigenvalue weighted by Crippen LogP contribution is 2.03. The summed E-state index contributed by atoms with van der Waals surface area (Å²) in [5, 5.41) is 0. The summed E-state index contributed by atoms with van der Waals surface area (Å²) in [5.74, 6) is 0. The Kier molecular flexibility index (Phi) is 4.16. The van der Waals surface area contributed by atoms with Gasteiger partial charge in [0.25, 0.3) is 0 Å². The van der Waals surface area contributed by atoms with Gasteiger partial charge in [0, 0.05) is 0 Å². The van der Waals surface area contributed by atoms with Gasteiger partial charge in [0.1, 0.15) is 7.85 Å². The molecule has 0 spiro atoms. The molecule has 0 aliphatic carbocycles. The van der Waals surface area contributed by atoms with E-state index in [9.17, 15) is 4.39 Å². The van der Waals surface area contributed by atoms with Gasteiger partial charge in [-0.2, -0.15) is 0 Å². The molecule has 0 saturated heterocycles. The molecule has 0 saturated carbocycles. The molecule has 2 heteroatoms. The quantitative estimate of drug-likeness (QED) is 0.469. The lowest BCUT2D eigenvalue weighted by molar-refractivity contribution is 0.316. The van der Waals surface area contributed by atoms with E-state index in [0.29, 0.717) is 6.42 Å². The number of hydrogen-bond donors (Lipinski definition) is 0. The van der Waals surface area contributed by atoms with Gasteiger partial charge in [0.15, 0.2) is 0 Å². The van der Waals surface area contributed by atoms with E-state index in [1.165, 1.54) is 0 Å². The minimum atomic E-state index is -0.551. The number of alkyl halides is 1. The summed E-state index contributed by atoms with van der Waals surface area (Å²) in [6.45, 7) is 1.88. The molecular weight excluding hydrogens is 89.9 g/mol. The van der Waals surface area contributed by atoms with E-state index in [2.05, 4.69) is 0 Å². The van der Waals surface area contributed by atoms with Gasteiger partial charge < -0.3 is 0 Å². The van der Waals surface area contributed by atoms with E-state index in [0.717, 1.165) is 12.7 Å². The van der Waals surface area contributed by atoms with Gasteiger partial charge in [-0.3, -0.25) is 0 Å². The maximum atomic E-state index is 12.1. The Bertz CT molecular complexity index is 39.1. The van der Waals surface area contributed by atoms with Gasteiger partial charge in [-0.15, -0.1) is 0 Å². The first-order valence-electron chi connectivity index (χ1n) is 2.95. The summed E-state index contributed by atoms with van der Waals surface area (Å²) in [6, 6.07) is 0. The van der Waals surface area contributed by atoms with Crippen LogP contribution in [0.3, 0.4) is 0 Å². The Labute approximate surface area is 45.5 Å². The lowest BCUT2D eigenvalue weighted by Gasteiger charge is -1.98. The van der Waals surface area contributed by atoms with Gasteiger partial charge in [-0.05, 0) is 12.8 Å². The van der Waals surface area contributed by atoms with Crippen molar-refractivity contribution in [1.29, 1.82) is 0 Å². The van der Waals surface area contributed by atoms with Crippen molar-refractivity contribution in [2.45, 2.75) is 32.3 Å². The summed E-state index contributed by atoms with van der Waals surface area (Å²) < 4.78 is 12.1. The normalized spacial score (nSPS) is 14.0. The molecule has 1 atom stereocenters. The Morgan fingerprint density at radius 1 is 1.71 bits per heavy atom. The van der Waals surface area contributed by atoms with Crippen molar-refractivity contribution in [1.82, 2.24) is 0 Å². The zero-order valence-corrected chi connectivity index (χ0v) is 5.08. The molecule has 0 N–H and O–H groups in total. The third kappa shape index (κ3) is 3.83. The van der Waals surface area contributed by atoms with Crippen LogP contribution in [0.4, 0.5) is 4.39 Å². The van der Waals surface area contributed by atoms with Crippen LogP contribution in [0.15, 0.2) is 0 Å². The third-order valence-electron chi connectivity index (χ3n) is 1.04. The topological polar surface area (TPSA) is 0 Å². The maximum Gasteiger partial charge on any atom is 0.101 e. The van der Waals surface area contributed by atoms with Crippen molar-refractivity contribution < 1.29 is 4.39 Å². The van der Waals surface area contributed by atoms with Gasteiger partial charge in [-0.1, -0.05) is 13.2 Å². The van der Waals surface area contributed by atoms with Crippen LogP contribution in [0, 0.1) is 0 Å². The van der Waals surface area contributed by atoms with Gasteiger partial charge >= 0.3 is 0 Å². The molecule has 0 unspecified atom stereocenters. The fraction of sp³-hybridized carbons (Fsp3) is 1.00. The summed E-state index contributed by atoms with van der Waals surface area (Å²) in [4.78, 5) is 0. The number of halogens is 1. The molecule has 0 aromatic heterocycles. The van der Waals surface area contributed by atoms with E-state index < -0.39 is 6.17 Å². The van der Waals surface area contributed by atoms with Crippen LogP contribution in [-0.4, -0.2) is 14.0 Å². The highest BCUT2D eigenvalue weighted by molar-refractivity contribution is 6.08. The van der Waals surface area contributed by atoms with Crippen LogP contribution < -0.4 is 0 Å². The van der Waals surface area contributed by atoms with Gasteiger partial charge in [0.05, 0.1) is 6.17 Å². The Hall–Kier alpha value is -0.00506. The van der Waals surface area contributed by atoms with E-state index in [1.54, 1.807) is 0 Å². The molecule has 0 bridgehead atoms. The predicted molar refractivity (Wildman–Crippen MR) is 33.2 cm³/mol. The third-order valence-corrected chi connectivity index (χ3v) is 1.04. The van der Waals surface area contributed by atoms with Crippen molar-refractivity contribution in [2.24, 2.45) is 0 Å². The SMILES string of the molecule is BCC[C@@H](F)CC. The molecule has 0 amide bonds. The summed E-state index contributed by atoms with van der Waals surface area (Å²) >= 11 is 0. The van der Waals surface area contributed by atoms with Crippen molar-refractivity contribution in [3.05, 3.63) is 0 Å². The van der Waals surface area contributed by atoms with Gasteiger partial charge in [-0.25, -0.2) is 4.39 Å². The molecule has 0 fully saturated rings. The van der Waals surface area contributed by atoms with Crippen LogP contribution in [-0.2, 0) is 0 Å². The Balaban J connectivity index is 2.83. The molecule has 0 aliphatic heterocycles. The van der Waals surface area contributed by atoms with Gasteiger partial charge in [0.2, 0.25) is 0 Å². The average molecular weight is 102 g/mol. The molecule has 0 aromatic rings. The van der Waals surface area contributed by atoms with Crippen LogP contribution in [0.5, 0.6) is 0 Å². The Morgan fingerprint density at radius 2 is 2.29 bits per heavy atom. The molecule has 0 aromatic carbocycles. The van der Waals surface area contributed by atoms with E-state index in [1.807, 2.05) is 14.8 Å². The highest BCUT2D eigenvalue weighted by Gasteiger charge is 1.97. The first-order valence-corrected chi connectivity index (χ1v) is 2.95. The first kappa shape index (κ1) is 6.99. The second-order valence-electron chi connectivity index (χ2n) is 1.79. The average Bonchev–Trinajstić information content (AvgIpc) is 1.68. The molecule has 7 heavy (non-hydrogen) atoms. The maximum absolute atomic E-state index is 12.1. The fourth-order valence-corrected chi connectivity index (χ4v) is 0.517. The summed E-state index contributed by atoms with van der Waals surface area (Å²) in [6.07, 6.45) is 1.82.